The van der Waals surface area contributed by atoms with E-state index in [1.807, 2.05) is 18.2 Å². The molecule has 6 nitrogen and oxygen atoms in total. The van der Waals surface area contributed by atoms with Crippen LogP contribution < -0.4 is 5.32 Å². The molecule has 0 spiro atoms. The van der Waals surface area contributed by atoms with Crippen molar-refractivity contribution in [2.45, 2.75) is 31.2 Å². The highest BCUT2D eigenvalue weighted by Crippen LogP contribution is 2.36. The van der Waals surface area contributed by atoms with E-state index in [-0.39, 0.29) is 17.7 Å². The second-order valence-electron chi connectivity index (χ2n) is 6.31. The zero-order valence-electron chi connectivity index (χ0n) is 12.8. The van der Waals surface area contributed by atoms with Crippen molar-refractivity contribution in [3.8, 4) is 0 Å². The third kappa shape index (κ3) is 3.21. The van der Waals surface area contributed by atoms with Crippen LogP contribution in [0.25, 0.3) is 0 Å². The highest BCUT2D eigenvalue weighted by molar-refractivity contribution is 5.94. The smallest absolute Gasteiger partial charge is 0.329 e. The number of piperidine rings is 1. The number of carboxylic acids is 1. The first-order valence-electron chi connectivity index (χ1n) is 7.92. The molecule has 0 unspecified atom stereocenters. The van der Waals surface area contributed by atoms with Gasteiger partial charge in [0, 0.05) is 24.6 Å². The molecule has 0 atom stereocenters. The fourth-order valence-corrected chi connectivity index (χ4v) is 2.96. The Morgan fingerprint density at radius 3 is 2.22 bits per heavy atom. The molecule has 2 N–H and O–H groups in total. The van der Waals surface area contributed by atoms with Gasteiger partial charge in [0.15, 0.2) is 0 Å². The molecule has 1 aromatic rings. The monoisotopic (exact) mass is 316 g/mol. The molecule has 1 aliphatic carbocycles. The van der Waals surface area contributed by atoms with Crippen LogP contribution in [0.4, 0.5) is 0 Å². The van der Waals surface area contributed by atoms with Crippen LogP contribution in [0.5, 0.6) is 0 Å². The van der Waals surface area contributed by atoms with Crippen LogP contribution >= 0.6 is 0 Å². The summed E-state index contributed by atoms with van der Waals surface area (Å²) in [5.74, 6) is -1.39. The number of amides is 2. The fraction of sp³-hybridized carbons (Fsp3) is 0.471. The normalized spacial score (nSPS) is 19.9. The zero-order valence-corrected chi connectivity index (χ0v) is 12.8. The minimum Gasteiger partial charge on any atom is -0.480 e. The summed E-state index contributed by atoms with van der Waals surface area (Å²) in [4.78, 5) is 37.5. The number of carbonyl (C=O) groups is 3. The predicted octanol–water partition coefficient (Wildman–Crippen LogP) is 1.27. The summed E-state index contributed by atoms with van der Waals surface area (Å²) in [7, 11) is 0. The lowest BCUT2D eigenvalue weighted by Gasteiger charge is -2.32. The average Bonchev–Trinajstić information content (AvgIpc) is 3.36. The molecule has 2 aliphatic rings. The summed E-state index contributed by atoms with van der Waals surface area (Å²) >= 11 is 0. The van der Waals surface area contributed by atoms with Gasteiger partial charge in [0.25, 0.3) is 5.91 Å². The summed E-state index contributed by atoms with van der Waals surface area (Å²) in [6, 6.07) is 9.09. The summed E-state index contributed by atoms with van der Waals surface area (Å²) in [6.45, 7) is 1.04. The third-order valence-corrected chi connectivity index (χ3v) is 4.70. The van der Waals surface area contributed by atoms with Crippen molar-refractivity contribution < 1.29 is 19.5 Å². The minimum absolute atomic E-state index is 0.0198. The Morgan fingerprint density at radius 1 is 1.09 bits per heavy atom. The molecule has 23 heavy (non-hydrogen) atoms. The van der Waals surface area contributed by atoms with E-state index < -0.39 is 11.5 Å². The first kappa shape index (κ1) is 15.5. The summed E-state index contributed by atoms with van der Waals surface area (Å²) in [5, 5.41) is 11.8. The lowest BCUT2D eigenvalue weighted by Crippen LogP contribution is -2.48. The molecule has 1 aromatic carbocycles. The van der Waals surface area contributed by atoms with Gasteiger partial charge in [-0.15, -0.1) is 0 Å². The zero-order chi connectivity index (χ0) is 16.4. The Morgan fingerprint density at radius 2 is 1.70 bits per heavy atom. The van der Waals surface area contributed by atoms with Crippen LogP contribution in [-0.2, 0) is 9.59 Å². The van der Waals surface area contributed by atoms with Crippen LogP contribution in [0.2, 0.25) is 0 Å². The van der Waals surface area contributed by atoms with Crippen molar-refractivity contribution >= 4 is 17.8 Å². The molecule has 2 fully saturated rings. The Hall–Kier alpha value is -2.37. The molecule has 1 saturated carbocycles. The lowest BCUT2D eigenvalue weighted by atomic mass is 9.95. The highest BCUT2D eigenvalue weighted by atomic mass is 16.4. The molecule has 1 aliphatic heterocycles. The molecular weight excluding hydrogens is 296 g/mol. The maximum Gasteiger partial charge on any atom is 0.329 e. The van der Waals surface area contributed by atoms with Crippen molar-refractivity contribution in [3.05, 3.63) is 35.9 Å². The predicted molar refractivity (Wildman–Crippen MR) is 82.8 cm³/mol. The van der Waals surface area contributed by atoms with Gasteiger partial charge in [-0.05, 0) is 37.8 Å². The largest absolute Gasteiger partial charge is 0.480 e. The molecule has 1 heterocycles. The number of hydrogen-bond acceptors (Lipinski definition) is 3. The number of carbonyl (C=O) groups excluding carboxylic acids is 2. The van der Waals surface area contributed by atoms with Crippen LogP contribution in [0, 0.1) is 5.92 Å². The van der Waals surface area contributed by atoms with E-state index in [0.29, 0.717) is 44.3 Å². The summed E-state index contributed by atoms with van der Waals surface area (Å²) in [5.41, 5.74) is -0.383. The first-order chi connectivity index (χ1) is 11.0. The number of aliphatic carboxylic acids is 1. The SMILES string of the molecule is O=C(NC1(C(=O)O)CC1)C1CCN(C(=O)c2ccccc2)CC1. The van der Waals surface area contributed by atoms with Crippen molar-refractivity contribution in [3.63, 3.8) is 0 Å². The van der Waals surface area contributed by atoms with E-state index in [9.17, 15) is 14.4 Å². The number of hydrogen-bond donors (Lipinski definition) is 2. The standard InChI is InChI=1S/C17H20N2O4/c20-14(18-17(8-9-17)16(22)23)12-6-10-19(11-7-12)15(21)13-4-2-1-3-5-13/h1-5,12H,6-11H2,(H,18,20)(H,22,23). The average molecular weight is 316 g/mol. The molecule has 6 heteroatoms. The first-order valence-corrected chi connectivity index (χ1v) is 7.92. The third-order valence-electron chi connectivity index (χ3n) is 4.70. The second kappa shape index (κ2) is 6.02. The van der Waals surface area contributed by atoms with Gasteiger partial charge in [-0.25, -0.2) is 4.79 Å². The van der Waals surface area contributed by atoms with Gasteiger partial charge < -0.3 is 15.3 Å². The van der Waals surface area contributed by atoms with Crippen molar-refractivity contribution in [1.29, 1.82) is 0 Å². The number of nitrogens with one attached hydrogen (secondary N) is 1. The number of likely N-dealkylation sites (tertiary alicyclic amines) is 1. The Kier molecular flexibility index (Phi) is 4.07. The second-order valence-corrected chi connectivity index (χ2v) is 6.31. The number of rotatable bonds is 4. The van der Waals surface area contributed by atoms with E-state index in [2.05, 4.69) is 5.32 Å². The van der Waals surface area contributed by atoms with Crippen molar-refractivity contribution in [2.75, 3.05) is 13.1 Å². The van der Waals surface area contributed by atoms with Gasteiger partial charge in [-0.3, -0.25) is 9.59 Å². The molecular formula is C17H20N2O4. The van der Waals surface area contributed by atoms with E-state index >= 15 is 0 Å². The molecule has 3 rings (SSSR count). The van der Waals surface area contributed by atoms with Crippen molar-refractivity contribution in [1.82, 2.24) is 10.2 Å². The molecule has 0 bridgehead atoms. The van der Waals surface area contributed by atoms with Gasteiger partial charge in [0.1, 0.15) is 5.54 Å². The molecule has 1 saturated heterocycles. The van der Waals surface area contributed by atoms with Crippen molar-refractivity contribution in [2.24, 2.45) is 5.92 Å². The van der Waals surface area contributed by atoms with Crippen LogP contribution in [0.1, 0.15) is 36.0 Å². The lowest BCUT2D eigenvalue weighted by molar-refractivity contribution is -0.144. The topological polar surface area (TPSA) is 86.7 Å². The summed E-state index contributed by atoms with van der Waals surface area (Å²) < 4.78 is 0. The molecule has 122 valence electrons. The van der Waals surface area contributed by atoms with Gasteiger partial charge in [-0.2, -0.15) is 0 Å². The van der Waals surface area contributed by atoms with E-state index in [1.54, 1.807) is 17.0 Å². The number of carboxylic acid groups (broad SMARTS) is 1. The van der Waals surface area contributed by atoms with Crippen LogP contribution in [0.3, 0.4) is 0 Å². The van der Waals surface area contributed by atoms with Gasteiger partial charge in [-0.1, -0.05) is 18.2 Å². The van der Waals surface area contributed by atoms with E-state index in [1.165, 1.54) is 0 Å². The maximum absolute atomic E-state index is 12.4. The fourth-order valence-electron chi connectivity index (χ4n) is 2.96. The number of benzene rings is 1. The van der Waals surface area contributed by atoms with Gasteiger partial charge in [0.05, 0.1) is 0 Å². The van der Waals surface area contributed by atoms with E-state index in [4.69, 9.17) is 5.11 Å². The quantitative estimate of drug-likeness (QED) is 0.876. The van der Waals surface area contributed by atoms with Gasteiger partial charge in [0.2, 0.25) is 5.91 Å². The Labute approximate surface area is 134 Å². The maximum atomic E-state index is 12.4. The molecule has 2 amide bonds. The Balaban J connectivity index is 1.53. The van der Waals surface area contributed by atoms with Crippen LogP contribution in [0.15, 0.2) is 30.3 Å². The summed E-state index contributed by atoms with van der Waals surface area (Å²) in [6.07, 6.45) is 2.14. The number of nitrogens with zero attached hydrogens (tertiary/aromatic N) is 1. The van der Waals surface area contributed by atoms with Gasteiger partial charge >= 0.3 is 5.97 Å². The minimum atomic E-state index is -1.03. The van der Waals surface area contributed by atoms with E-state index in [0.717, 1.165) is 0 Å². The highest BCUT2D eigenvalue weighted by Gasteiger charge is 2.52. The van der Waals surface area contributed by atoms with Crippen LogP contribution in [-0.4, -0.2) is 46.4 Å². The molecule has 0 radical (unpaired) electrons. The molecule has 0 aromatic heterocycles. The Bertz CT molecular complexity index is 617.